The van der Waals surface area contributed by atoms with Gasteiger partial charge >= 0.3 is 11.9 Å². The Kier molecular flexibility index (Phi) is 16.5. The predicted molar refractivity (Wildman–Crippen MR) is 196 cm³/mol. The smallest absolute Gasteiger partial charge is 0.334 e. The highest BCUT2D eigenvalue weighted by molar-refractivity contribution is 5.94. The van der Waals surface area contributed by atoms with Gasteiger partial charge in [0, 0.05) is 38.3 Å². The molecule has 53 heavy (non-hydrogen) atoms. The standard InChI is InChI=1S/C40H57NO12/c1-4-5-6-7-8-35(46)52-37-36(47)34(22-41-21-24(2)44)51-40(49)38(37)53-39(48)29(17-26-10-14-32(45)33(19-26)50-3)20-31-28(23-43)13-12-27-11-9-25(15-16-42)18-30(27)31/h9-11,14,17-19,24,28,31,34,36-38,40-45,47,49H,4-8,12-13,15-16,20-23H2,1-3H3. The molecule has 4 rings (SSSR count). The number of rotatable bonds is 19. The second kappa shape index (κ2) is 20.8. The number of phenolic OH excluding ortho intramolecular Hbond substituents is 1. The number of aliphatic hydroxyl groups is 5. The van der Waals surface area contributed by atoms with Gasteiger partial charge in [0.25, 0.3) is 0 Å². The first kappa shape index (κ1) is 42.2. The number of carbonyl (C=O) groups is 2. The summed E-state index contributed by atoms with van der Waals surface area (Å²) in [6.45, 7) is 3.65. The molecule has 8 unspecified atom stereocenters. The summed E-state index contributed by atoms with van der Waals surface area (Å²) in [7, 11) is 1.40. The van der Waals surface area contributed by atoms with Crippen molar-refractivity contribution in [1.29, 1.82) is 0 Å². The van der Waals surface area contributed by atoms with Gasteiger partial charge in [-0.05, 0) is 91.3 Å². The molecule has 1 fully saturated rings. The van der Waals surface area contributed by atoms with Crippen LogP contribution in [0.5, 0.6) is 11.5 Å². The molecule has 0 spiro atoms. The van der Waals surface area contributed by atoms with Crippen molar-refractivity contribution in [1.82, 2.24) is 5.32 Å². The number of aliphatic hydroxyl groups excluding tert-OH is 5. The Morgan fingerprint density at radius 2 is 1.85 bits per heavy atom. The molecule has 2 aromatic rings. The minimum atomic E-state index is -1.78. The van der Waals surface area contributed by atoms with Crippen LogP contribution in [0.15, 0.2) is 42.0 Å². The molecule has 7 N–H and O–H groups in total. The van der Waals surface area contributed by atoms with Gasteiger partial charge in [0.2, 0.25) is 0 Å². The molecule has 0 amide bonds. The molecule has 0 bridgehead atoms. The van der Waals surface area contributed by atoms with E-state index in [1.807, 2.05) is 18.2 Å². The van der Waals surface area contributed by atoms with Crippen LogP contribution in [-0.2, 0) is 36.6 Å². The summed E-state index contributed by atoms with van der Waals surface area (Å²) in [6, 6.07) is 10.6. The number of hydrogen-bond acceptors (Lipinski definition) is 13. The molecule has 8 atom stereocenters. The average molecular weight is 744 g/mol. The van der Waals surface area contributed by atoms with E-state index in [0.717, 1.165) is 42.4 Å². The number of aryl methyl sites for hydroxylation is 1. The number of hydrogen-bond donors (Lipinski definition) is 7. The minimum absolute atomic E-state index is 0.00406. The van der Waals surface area contributed by atoms with Gasteiger partial charge in [-0.15, -0.1) is 0 Å². The number of methoxy groups -OCH3 is 1. The second-order valence-corrected chi connectivity index (χ2v) is 14.1. The van der Waals surface area contributed by atoms with Gasteiger partial charge in [-0.25, -0.2) is 4.79 Å². The van der Waals surface area contributed by atoms with Crippen LogP contribution in [0.25, 0.3) is 6.08 Å². The lowest BCUT2D eigenvalue weighted by atomic mass is 9.72. The Balaban J connectivity index is 1.69. The molecule has 1 aliphatic carbocycles. The number of esters is 2. The fourth-order valence-electron chi connectivity index (χ4n) is 7.09. The molecule has 2 aliphatic rings. The highest BCUT2D eigenvalue weighted by Crippen LogP contribution is 2.42. The molecular weight excluding hydrogens is 686 g/mol. The summed E-state index contributed by atoms with van der Waals surface area (Å²) in [5, 5.41) is 65.6. The fourth-order valence-corrected chi connectivity index (χ4v) is 7.09. The lowest BCUT2D eigenvalue weighted by molar-refractivity contribution is -0.287. The summed E-state index contributed by atoms with van der Waals surface area (Å²) in [5.41, 5.74) is 3.58. The third kappa shape index (κ3) is 11.7. The van der Waals surface area contributed by atoms with Crippen LogP contribution in [0.3, 0.4) is 0 Å². The fraction of sp³-hybridized carbons (Fsp3) is 0.600. The lowest BCUT2D eigenvalue weighted by Gasteiger charge is -2.42. The Morgan fingerprint density at radius 1 is 1.06 bits per heavy atom. The normalized spacial score (nSPS) is 25.0. The number of ether oxygens (including phenoxy) is 4. The minimum Gasteiger partial charge on any atom is -0.504 e. The molecule has 0 saturated carbocycles. The number of unbranched alkanes of at least 4 members (excludes halogenated alkanes) is 3. The van der Waals surface area contributed by atoms with E-state index in [9.17, 15) is 40.2 Å². The molecule has 1 saturated heterocycles. The zero-order chi connectivity index (χ0) is 38.5. The molecule has 294 valence electrons. The molecule has 1 heterocycles. The Labute approximate surface area is 311 Å². The van der Waals surface area contributed by atoms with Crippen molar-refractivity contribution in [2.75, 3.05) is 33.4 Å². The van der Waals surface area contributed by atoms with Crippen molar-refractivity contribution in [2.24, 2.45) is 5.92 Å². The lowest BCUT2D eigenvalue weighted by Crippen LogP contribution is -2.62. The largest absolute Gasteiger partial charge is 0.504 e. The first-order valence-electron chi connectivity index (χ1n) is 18.7. The van der Waals surface area contributed by atoms with E-state index < -0.39 is 48.7 Å². The number of aromatic hydroxyl groups is 1. The van der Waals surface area contributed by atoms with Gasteiger partial charge in [0.15, 0.2) is 30.0 Å². The van der Waals surface area contributed by atoms with Crippen molar-refractivity contribution in [3.05, 3.63) is 64.2 Å². The van der Waals surface area contributed by atoms with Crippen LogP contribution < -0.4 is 10.1 Å². The van der Waals surface area contributed by atoms with Gasteiger partial charge in [0.05, 0.1) is 13.2 Å². The van der Waals surface area contributed by atoms with E-state index in [4.69, 9.17) is 18.9 Å². The van der Waals surface area contributed by atoms with E-state index >= 15 is 0 Å². The van der Waals surface area contributed by atoms with Crippen molar-refractivity contribution in [2.45, 2.75) is 114 Å². The second-order valence-electron chi connectivity index (χ2n) is 14.1. The Hall–Kier alpha value is -3.56. The highest BCUT2D eigenvalue weighted by atomic mass is 16.7. The van der Waals surface area contributed by atoms with Gasteiger partial charge < -0.3 is 54.9 Å². The molecule has 2 aromatic carbocycles. The Morgan fingerprint density at radius 3 is 2.55 bits per heavy atom. The van der Waals surface area contributed by atoms with Crippen LogP contribution in [-0.4, -0.2) is 113 Å². The van der Waals surface area contributed by atoms with E-state index in [0.29, 0.717) is 24.8 Å². The van der Waals surface area contributed by atoms with Crippen molar-refractivity contribution < 1.29 is 59.2 Å². The molecule has 0 radical (unpaired) electrons. The average Bonchev–Trinajstić information content (AvgIpc) is 3.13. The summed E-state index contributed by atoms with van der Waals surface area (Å²) in [4.78, 5) is 27.4. The highest BCUT2D eigenvalue weighted by Gasteiger charge is 2.49. The summed E-state index contributed by atoms with van der Waals surface area (Å²) in [5.74, 6) is -1.96. The maximum atomic E-state index is 14.3. The van der Waals surface area contributed by atoms with E-state index in [1.54, 1.807) is 25.1 Å². The number of nitrogens with one attached hydrogen (secondary N) is 1. The maximum absolute atomic E-state index is 14.3. The van der Waals surface area contributed by atoms with Gasteiger partial charge in [0.1, 0.15) is 12.2 Å². The monoisotopic (exact) mass is 743 g/mol. The first-order valence-corrected chi connectivity index (χ1v) is 18.7. The molecule has 1 aliphatic heterocycles. The quantitative estimate of drug-likeness (QED) is 0.0629. The third-order valence-corrected chi connectivity index (χ3v) is 10.0. The predicted octanol–water partition coefficient (Wildman–Crippen LogP) is 2.89. The maximum Gasteiger partial charge on any atom is 0.334 e. The summed E-state index contributed by atoms with van der Waals surface area (Å²) >= 11 is 0. The van der Waals surface area contributed by atoms with E-state index in [1.165, 1.54) is 13.2 Å². The van der Waals surface area contributed by atoms with Crippen LogP contribution in [0.2, 0.25) is 0 Å². The number of benzene rings is 2. The third-order valence-electron chi connectivity index (χ3n) is 10.0. The number of carbonyl (C=O) groups excluding carboxylic acids is 2. The number of fused-ring (bicyclic) bond motifs is 1. The van der Waals surface area contributed by atoms with Crippen molar-refractivity contribution in [3.63, 3.8) is 0 Å². The molecular formula is C40H57NO12. The number of phenols is 1. The molecule has 13 heteroatoms. The van der Waals surface area contributed by atoms with E-state index in [2.05, 4.69) is 12.2 Å². The first-order chi connectivity index (χ1) is 25.5. The van der Waals surface area contributed by atoms with Gasteiger partial charge in [-0.3, -0.25) is 4.79 Å². The van der Waals surface area contributed by atoms with Crippen LogP contribution in [0, 0.1) is 5.92 Å². The summed E-state index contributed by atoms with van der Waals surface area (Å²) in [6.07, 6.45) is -1.22. The van der Waals surface area contributed by atoms with Crippen molar-refractivity contribution in [3.8, 4) is 11.5 Å². The van der Waals surface area contributed by atoms with E-state index in [-0.39, 0.29) is 68.1 Å². The van der Waals surface area contributed by atoms with Crippen LogP contribution in [0.1, 0.15) is 87.0 Å². The topological polar surface area (TPSA) is 204 Å². The van der Waals surface area contributed by atoms with Gasteiger partial charge in [-0.2, -0.15) is 0 Å². The van der Waals surface area contributed by atoms with Gasteiger partial charge in [-0.1, -0.05) is 50.5 Å². The zero-order valence-corrected chi connectivity index (χ0v) is 31.0. The zero-order valence-electron chi connectivity index (χ0n) is 31.0. The van der Waals surface area contributed by atoms with Crippen LogP contribution >= 0.6 is 0 Å². The molecule has 0 aromatic heterocycles. The van der Waals surface area contributed by atoms with Crippen LogP contribution in [0.4, 0.5) is 0 Å². The summed E-state index contributed by atoms with van der Waals surface area (Å²) < 4.78 is 22.7. The molecule has 13 nitrogen and oxygen atoms in total. The SMILES string of the molecule is CCCCCCC(=O)OC1C(O)C(CNCC(C)O)OC(O)C1OC(=O)C(=Cc1ccc(O)c(OC)c1)CC1c2cc(CCO)ccc2CCC1CO. The van der Waals surface area contributed by atoms with Crippen molar-refractivity contribution >= 4 is 18.0 Å². The Bertz CT molecular complexity index is 1510.